The second-order valence-electron chi connectivity index (χ2n) is 5.55. The maximum atomic E-state index is 11.7. The Hall–Kier alpha value is -1.88. The highest BCUT2D eigenvalue weighted by atomic mass is 16.5. The van der Waals surface area contributed by atoms with Crippen molar-refractivity contribution in [2.45, 2.75) is 39.2 Å². The maximum Gasteiger partial charge on any atom is 0.308 e. The number of carboxylic acid groups (broad SMARTS) is 1. The number of carbonyl (C=O) groups is 2. The highest BCUT2D eigenvalue weighted by Crippen LogP contribution is 2.08. The zero-order valence-electron chi connectivity index (χ0n) is 13.2. The van der Waals surface area contributed by atoms with Gasteiger partial charge in [0, 0.05) is 19.6 Å². The fourth-order valence-electron chi connectivity index (χ4n) is 2.02. The number of rotatable bonds is 10. The van der Waals surface area contributed by atoms with E-state index >= 15 is 0 Å². The van der Waals surface area contributed by atoms with E-state index in [0.717, 1.165) is 5.56 Å². The van der Waals surface area contributed by atoms with E-state index in [-0.39, 0.29) is 18.6 Å². The SMILES string of the molecule is CC(C)OCCCC(=O)NCC(Cc1ccccc1)C(=O)O. The van der Waals surface area contributed by atoms with Gasteiger partial charge in [0.2, 0.25) is 5.91 Å². The summed E-state index contributed by atoms with van der Waals surface area (Å²) in [6, 6.07) is 9.42. The summed E-state index contributed by atoms with van der Waals surface area (Å²) in [4.78, 5) is 23.0. The van der Waals surface area contributed by atoms with E-state index in [0.29, 0.717) is 25.9 Å². The molecule has 1 amide bonds. The molecule has 1 rings (SSSR count). The lowest BCUT2D eigenvalue weighted by atomic mass is 9.99. The van der Waals surface area contributed by atoms with Gasteiger partial charge in [0.05, 0.1) is 12.0 Å². The van der Waals surface area contributed by atoms with Crippen molar-refractivity contribution in [2.24, 2.45) is 5.92 Å². The molecule has 5 heteroatoms. The van der Waals surface area contributed by atoms with Crippen molar-refractivity contribution in [3.05, 3.63) is 35.9 Å². The number of hydrogen-bond donors (Lipinski definition) is 2. The van der Waals surface area contributed by atoms with E-state index < -0.39 is 11.9 Å². The second kappa shape index (κ2) is 9.95. The highest BCUT2D eigenvalue weighted by molar-refractivity contribution is 5.77. The van der Waals surface area contributed by atoms with E-state index in [1.807, 2.05) is 44.2 Å². The largest absolute Gasteiger partial charge is 0.481 e. The molecule has 0 radical (unpaired) electrons. The molecule has 122 valence electrons. The molecule has 0 saturated heterocycles. The third-order valence-corrected chi connectivity index (χ3v) is 3.22. The molecule has 1 aromatic carbocycles. The van der Waals surface area contributed by atoms with Crippen LogP contribution in [0.4, 0.5) is 0 Å². The topological polar surface area (TPSA) is 75.6 Å². The van der Waals surface area contributed by atoms with Crippen molar-refractivity contribution in [1.29, 1.82) is 0 Å². The Morgan fingerprint density at radius 2 is 1.91 bits per heavy atom. The van der Waals surface area contributed by atoms with Gasteiger partial charge in [-0.3, -0.25) is 9.59 Å². The van der Waals surface area contributed by atoms with Gasteiger partial charge in [-0.25, -0.2) is 0 Å². The minimum absolute atomic E-state index is 0.133. The number of amides is 1. The molecule has 1 unspecified atom stereocenters. The van der Waals surface area contributed by atoms with Crippen LogP contribution in [0.1, 0.15) is 32.3 Å². The highest BCUT2D eigenvalue weighted by Gasteiger charge is 2.18. The average molecular weight is 307 g/mol. The molecule has 0 bridgehead atoms. The number of benzene rings is 1. The molecule has 1 aromatic rings. The Balaban J connectivity index is 2.32. The van der Waals surface area contributed by atoms with Gasteiger partial charge in [-0.15, -0.1) is 0 Å². The zero-order chi connectivity index (χ0) is 16.4. The summed E-state index contributed by atoms with van der Waals surface area (Å²) in [5, 5.41) is 11.9. The quantitative estimate of drug-likeness (QED) is 0.650. The molecular weight excluding hydrogens is 282 g/mol. The molecule has 0 aliphatic rings. The van der Waals surface area contributed by atoms with Crippen molar-refractivity contribution in [3.8, 4) is 0 Å². The molecule has 0 spiro atoms. The maximum absolute atomic E-state index is 11.7. The Kier molecular flexibility index (Phi) is 8.22. The summed E-state index contributed by atoms with van der Waals surface area (Å²) in [5.74, 6) is -1.64. The molecule has 5 nitrogen and oxygen atoms in total. The molecule has 1 atom stereocenters. The third-order valence-electron chi connectivity index (χ3n) is 3.22. The van der Waals surface area contributed by atoms with E-state index in [2.05, 4.69) is 5.32 Å². The van der Waals surface area contributed by atoms with Gasteiger partial charge in [0.25, 0.3) is 0 Å². The average Bonchev–Trinajstić information content (AvgIpc) is 2.48. The Bertz CT molecular complexity index is 459. The fourth-order valence-corrected chi connectivity index (χ4v) is 2.02. The predicted octanol–water partition coefficient (Wildman–Crippen LogP) is 2.25. The third kappa shape index (κ3) is 7.78. The molecule has 2 N–H and O–H groups in total. The van der Waals surface area contributed by atoms with Gasteiger partial charge in [0.1, 0.15) is 0 Å². The van der Waals surface area contributed by atoms with E-state index in [9.17, 15) is 14.7 Å². The first kappa shape index (κ1) is 18.2. The number of nitrogens with one attached hydrogen (secondary N) is 1. The summed E-state index contributed by atoms with van der Waals surface area (Å²) in [6.07, 6.45) is 1.56. The summed E-state index contributed by atoms with van der Waals surface area (Å²) in [6.45, 7) is 4.58. The minimum atomic E-state index is -0.896. The lowest BCUT2D eigenvalue weighted by Crippen LogP contribution is -2.34. The Labute approximate surface area is 131 Å². The van der Waals surface area contributed by atoms with Crippen LogP contribution in [0.5, 0.6) is 0 Å². The standard InChI is InChI=1S/C17H25NO4/c1-13(2)22-10-6-9-16(19)18-12-15(17(20)21)11-14-7-4-3-5-8-14/h3-5,7-8,13,15H,6,9-12H2,1-2H3,(H,18,19)(H,20,21). The minimum Gasteiger partial charge on any atom is -0.481 e. The van der Waals surface area contributed by atoms with Crippen molar-refractivity contribution >= 4 is 11.9 Å². The van der Waals surface area contributed by atoms with Crippen molar-refractivity contribution in [1.82, 2.24) is 5.32 Å². The van der Waals surface area contributed by atoms with Crippen molar-refractivity contribution in [2.75, 3.05) is 13.2 Å². The number of carboxylic acids is 1. The van der Waals surface area contributed by atoms with Crippen LogP contribution in [0.3, 0.4) is 0 Å². The first-order valence-electron chi connectivity index (χ1n) is 7.64. The summed E-state index contributed by atoms with van der Waals surface area (Å²) in [7, 11) is 0. The van der Waals surface area contributed by atoms with Gasteiger partial charge >= 0.3 is 5.97 Å². The van der Waals surface area contributed by atoms with Gasteiger partial charge in [0.15, 0.2) is 0 Å². The molecular formula is C17H25NO4. The predicted molar refractivity (Wildman–Crippen MR) is 84.6 cm³/mol. The smallest absolute Gasteiger partial charge is 0.308 e. The van der Waals surface area contributed by atoms with Crippen LogP contribution in [0, 0.1) is 5.92 Å². The van der Waals surface area contributed by atoms with Crippen LogP contribution in [-0.2, 0) is 20.7 Å². The van der Waals surface area contributed by atoms with Crippen LogP contribution in [0.25, 0.3) is 0 Å². The number of ether oxygens (including phenoxy) is 1. The lowest BCUT2D eigenvalue weighted by molar-refractivity contribution is -0.141. The molecule has 0 heterocycles. The Morgan fingerprint density at radius 1 is 1.23 bits per heavy atom. The van der Waals surface area contributed by atoms with Crippen LogP contribution in [0.15, 0.2) is 30.3 Å². The first-order valence-corrected chi connectivity index (χ1v) is 7.64. The van der Waals surface area contributed by atoms with Gasteiger partial charge in [-0.1, -0.05) is 30.3 Å². The fraction of sp³-hybridized carbons (Fsp3) is 0.529. The summed E-state index contributed by atoms with van der Waals surface area (Å²) >= 11 is 0. The van der Waals surface area contributed by atoms with Crippen molar-refractivity contribution in [3.63, 3.8) is 0 Å². The normalized spacial score (nSPS) is 12.1. The van der Waals surface area contributed by atoms with Gasteiger partial charge in [-0.05, 0) is 32.3 Å². The van der Waals surface area contributed by atoms with E-state index in [1.54, 1.807) is 0 Å². The van der Waals surface area contributed by atoms with Crippen molar-refractivity contribution < 1.29 is 19.4 Å². The van der Waals surface area contributed by atoms with Crippen LogP contribution < -0.4 is 5.32 Å². The van der Waals surface area contributed by atoms with E-state index in [1.165, 1.54) is 0 Å². The second-order valence-corrected chi connectivity index (χ2v) is 5.55. The first-order chi connectivity index (χ1) is 10.5. The molecule has 0 aliphatic carbocycles. The van der Waals surface area contributed by atoms with Crippen LogP contribution in [-0.4, -0.2) is 36.2 Å². The van der Waals surface area contributed by atoms with Gasteiger partial charge < -0.3 is 15.2 Å². The number of aliphatic carboxylic acids is 1. The molecule has 22 heavy (non-hydrogen) atoms. The van der Waals surface area contributed by atoms with Gasteiger partial charge in [-0.2, -0.15) is 0 Å². The van der Waals surface area contributed by atoms with Crippen LogP contribution in [0.2, 0.25) is 0 Å². The van der Waals surface area contributed by atoms with E-state index in [4.69, 9.17) is 4.74 Å². The van der Waals surface area contributed by atoms with Crippen LogP contribution >= 0.6 is 0 Å². The molecule has 0 saturated carbocycles. The molecule has 0 aromatic heterocycles. The molecule has 0 aliphatic heterocycles. The zero-order valence-corrected chi connectivity index (χ0v) is 13.2. The number of carbonyl (C=O) groups excluding carboxylic acids is 1. The molecule has 0 fully saturated rings. The number of hydrogen-bond acceptors (Lipinski definition) is 3. The summed E-state index contributed by atoms with van der Waals surface area (Å²) < 4.78 is 5.36. The summed E-state index contributed by atoms with van der Waals surface area (Å²) in [5.41, 5.74) is 0.953. The monoisotopic (exact) mass is 307 g/mol. The lowest BCUT2D eigenvalue weighted by Gasteiger charge is -2.14. The Morgan fingerprint density at radius 3 is 2.50 bits per heavy atom.